The van der Waals surface area contributed by atoms with Gasteiger partial charge in [0.1, 0.15) is 23.0 Å². The number of rotatable bonds is 9. The number of para-hydroxylation sites is 1. The zero-order chi connectivity index (χ0) is 20.5. The zero-order valence-corrected chi connectivity index (χ0v) is 16.5. The number of benzene rings is 3. The number of hydrogen-bond acceptors (Lipinski definition) is 5. The lowest BCUT2D eigenvalue weighted by Crippen LogP contribution is -2.16. The van der Waals surface area contributed by atoms with Gasteiger partial charge >= 0.3 is 0 Å². The molecule has 6 nitrogen and oxygen atoms in total. The van der Waals surface area contributed by atoms with E-state index in [2.05, 4.69) is 10.6 Å². The van der Waals surface area contributed by atoms with Crippen molar-refractivity contribution in [1.29, 1.82) is 0 Å². The Bertz CT molecular complexity index is 927. The SMILES string of the molecule is COc1ccc(OC)c(NCCC(=O)Nc2ccc(Oc3ccccc3)cc2)c1. The Morgan fingerprint density at radius 3 is 2.21 bits per heavy atom. The molecule has 3 rings (SSSR count). The standard InChI is InChI=1S/C23H24N2O4/c1-27-20-12-13-22(28-2)21(16-20)24-15-14-23(26)25-17-8-10-19(11-9-17)29-18-6-4-3-5-7-18/h3-13,16,24H,14-15H2,1-2H3,(H,25,26). The highest BCUT2D eigenvalue weighted by atomic mass is 16.5. The van der Waals surface area contributed by atoms with Gasteiger partial charge in [-0.2, -0.15) is 0 Å². The van der Waals surface area contributed by atoms with Crippen LogP contribution in [-0.2, 0) is 4.79 Å². The zero-order valence-electron chi connectivity index (χ0n) is 16.5. The van der Waals surface area contributed by atoms with Crippen LogP contribution in [0.1, 0.15) is 6.42 Å². The van der Waals surface area contributed by atoms with Crippen molar-refractivity contribution in [3.63, 3.8) is 0 Å². The van der Waals surface area contributed by atoms with Gasteiger partial charge in [-0.05, 0) is 48.5 Å². The van der Waals surface area contributed by atoms with Gasteiger partial charge in [-0.25, -0.2) is 0 Å². The minimum Gasteiger partial charge on any atom is -0.497 e. The Balaban J connectivity index is 1.48. The van der Waals surface area contributed by atoms with Gasteiger partial charge in [0.25, 0.3) is 0 Å². The lowest BCUT2D eigenvalue weighted by Gasteiger charge is -2.13. The van der Waals surface area contributed by atoms with Crippen LogP contribution in [0.25, 0.3) is 0 Å². The number of amides is 1. The van der Waals surface area contributed by atoms with Gasteiger partial charge in [0.2, 0.25) is 5.91 Å². The molecular formula is C23H24N2O4. The second-order valence-electron chi connectivity index (χ2n) is 6.23. The molecule has 0 aliphatic rings. The number of hydrogen-bond donors (Lipinski definition) is 2. The Hall–Kier alpha value is -3.67. The van der Waals surface area contributed by atoms with Crippen LogP contribution in [0, 0.1) is 0 Å². The Labute approximate surface area is 170 Å². The van der Waals surface area contributed by atoms with Gasteiger partial charge in [-0.3, -0.25) is 4.79 Å². The molecule has 0 saturated heterocycles. The Kier molecular flexibility index (Phi) is 6.95. The molecule has 0 aliphatic heterocycles. The molecule has 29 heavy (non-hydrogen) atoms. The lowest BCUT2D eigenvalue weighted by atomic mass is 10.2. The van der Waals surface area contributed by atoms with Gasteiger partial charge in [-0.15, -0.1) is 0 Å². The molecule has 0 atom stereocenters. The molecule has 1 amide bonds. The topological polar surface area (TPSA) is 68.8 Å². The summed E-state index contributed by atoms with van der Waals surface area (Å²) >= 11 is 0. The summed E-state index contributed by atoms with van der Waals surface area (Å²) in [6.45, 7) is 0.463. The van der Waals surface area contributed by atoms with Crippen LogP contribution in [0.4, 0.5) is 11.4 Å². The van der Waals surface area contributed by atoms with E-state index in [1.165, 1.54) is 0 Å². The van der Waals surface area contributed by atoms with E-state index in [0.29, 0.717) is 24.5 Å². The fourth-order valence-electron chi connectivity index (χ4n) is 2.72. The average Bonchev–Trinajstić information content (AvgIpc) is 2.75. The summed E-state index contributed by atoms with van der Waals surface area (Å²) in [5.41, 5.74) is 1.50. The summed E-state index contributed by atoms with van der Waals surface area (Å²) in [5.74, 6) is 2.80. The second-order valence-corrected chi connectivity index (χ2v) is 6.23. The Morgan fingerprint density at radius 1 is 0.828 bits per heavy atom. The van der Waals surface area contributed by atoms with Gasteiger partial charge in [-0.1, -0.05) is 18.2 Å². The van der Waals surface area contributed by atoms with E-state index in [9.17, 15) is 4.79 Å². The quantitative estimate of drug-likeness (QED) is 0.540. The maximum atomic E-state index is 12.2. The van der Waals surface area contributed by atoms with Crippen LogP contribution in [0.2, 0.25) is 0 Å². The van der Waals surface area contributed by atoms with Crippen LogP contribution in [0.15, 0.2) is 72.8 Å². The summed E-state index contributed by atoms with van der Waals surface area (Å²) < 4.78 is 16.3. The van der Waals surface area contributed by atoms with Crippen LogP contribution < -0.4 is 24.8 Å². The molecule has 6 heteroatoms. The van der Waals surface area contributed by atoms with Crippen molar-refractivity contribution in [1.82, 2.24) is 0 Å². The molecular weight excluding hydrogens is 368 g/mol. The first-order valence-electron chi connectivity index (χ1n) is 9.26. The predicted molar refractivity (Wildman–Crippen MR) is 114 cm³/mol. The van der Waals surface area contributed by atoms with Gasteiger partial charge < -0.3 is 24.8 Å². The molecule has 0 radical (unpaired) electrons. The van der Waals surface area contributed by atoms with E-state index in [4.69, 9.17) is 14.2 Å². The largest absolute Gasteiger partial charge is 0.497 e. The first-order valence-corrected chi connectivity index (χ1v) is 9.26. The minimum absolute atomic E-state index is 0.0870. The summed E-state index contributed by atoms with van der Waals surface area (Å²) in [5, 5.41) is 6.09. The smallest absolute Gasteiger partial charge is 0.226 e. The van der Waals surface area contributed by atoms with Crippen LogP contribution in [-0.4, -0.2) is 26.7 Å². The molecule has 0 heterocycles. The fourth-order valence-corrected chi connectivity index (χ4v) is 2.72. The van der Waals surface area contributed by atoms with E-state index >= 15 is 0 Å². The molecule has 0 bridgehead atoms. The number of methoxy groups -OCH3 is 2. The summed E-state index contributed by atoms with van der Waals surface area (Å²) in [7, 11) is 3.21. The molecule has 0 unspecified atom stereocenters. The number of carbonyl (C=O) groups is 1. The first-order chi connectivity index (χ1) is 14.2. The van der Waals surface area contributed by atoms with Crippen molar-refractivity contribution in [2.75, 3.05) is 31.4 Å². The minimum atomic E-state index is -0.0870. The average molecular weight is 392 g/mol. The van der Waals surface area contributed by atoms with Crippen molar-refractivity contribution in [2.24, 2.45) is 0 Å². The second kappa shape index (κ2) is 10.0. The highest BCUT2D eigenvalue weighted by molar-refractivity contribution is 5.91. The molecule has 150 valence electrons. The highest BCUT2D eigenvalue weighted by Gasteiger charge is 2.07. The third kappa shape index (κ3) is 5.90. The van der Waals surface area contributed by atoms with E-state index < -0.39 is 0 Å². The van der Waals surface area contributed by atoms with Crippen LogP contribution >= 0.6 is 0 Å². The van der Waals surface area contributed by atoms with E-state index in [1.54, 1.807) is 14.2 Å². The number of carbonyl (C=O) groups excluding carboxylic acids is 1. The van der Waals surface area contributed by atoms with Crippen molar-refractivity contribution in [3.05, 3.63) is 72.8 Å². The third-order valence-electron chi connectivity index (χ3n) is 4.19. The first kappa shape index (κ1) is 20.1. The highest BCUT2D eigenvalue weighted by Crippen LogP contribution is 2.28. The van der Waals surface area contributed by atoms with Gasteiger partial charge in [0.15, 0.2) is 0 Å². The third-order valence-corrected chi connectivity index (χ3v) is 4.19. The van der Waals surface area contributed by atoms with Crippen LogP contribution in [0.3, 0.4) is 0 Å². The van der Waals surface area contributed by atoms with Gasteiger partial charge in [0, 0.05) is 24.7 Å². The lowest BCUT2D eigenvalue weighted by molar-refractivity contribution is -0.115. The fraction of sp³-hybridized carbons (Fsp3) is 0.174. The summed E-state index contributed by atoms with van der Waals surface area (Å²) in [6.07, 6.45) is 0.308. The monoisotopic (exact) mass is 392 g/mol. The van der Waals surface area contributed by atoms with E-state index in [0.717, 1.165) is 22.9 Å². The summed E-state index contributed by atoms with van der Waals surface area (Å²) in [6, 6.07) is 22.3. The van der Waals surface area contributed by atoms with Crippen molar-refractivity contribution >= 4 is 17.3 Å². The van der Waals surface area contributed by atoms with E-state index in [1.807, 2.05) is 72.8 Å². The molecule has 0 aromatic heterocycles. The van der Waals surface area contributed by atoms with Crippen molar-refractivity contribution in [3.8, 4) is 23.0 Å². The molecule has 0 aliphatic carbocycles. The predicted octanol–water partition coefficient (Wildman–Crippen LogP) is 4.94. The molecule has 0 spiro atoms. The molecule has 0 saturated carbocycles. The molecule has 3 aromatic rings. The van der Waals surface area contributed by atoms with E-state index in [-0.39, 0.29) is 5.91 Å². The van der Waals surface area contributed by atoms with Crippen LogP contribution in [0.5, 0.6) is 23.0 Å². The van der Waals surface area contributed by atoms with Gasteiger partial charge in [0.05, 0.1) is 19.9 Å². The Morgan fingerprint density at radius 2 is 1.52 bits per heavy atom. The molecule has 3 aromatic carbocycles. The summed E-state index contributed by atoms with van der Waals surface area (Å²) in [4.78, 5) is 12.2. The number of nitrogens with one attached hydrogen (secondary N) is 2. The van der Waals surface area contributed by atoms with Crippen molar-refractivity contribution < 1.29 is 19.0 Å². The maximum Gasteiger partial charge on any atom is 0.226 e. The molecule has 2 N–H and O–H groups in total. The van der Waals surface area contributed by atoms with Crippen molar-refractivity contribution in [2.45, 2.75) is 6.42 Å². The molecule has 0 fully saturated rings. The normalized spacial score (nSPS) is 10.1. The maximum absolute atomic E-state index is 12.2. The number of ether oxygens (including phenoxy) is 3. The number of anilines is 2.